The second-order valence-corrected chi connectivity index (χ2v) is 10.8. The smallest absolute Gasteiger partial charge is 0.0208 e. The molecule has 160 valence electrons. The highest BCUT2D eigenvalue weighted by molar-refractivity contribution is 5.02. The Morgan fingerprint density at radius 1 is 0.714 bits per heavy atom. The first-order chi connectivity index (χ1) is 13.7. The van der Waals surface area contributed by atoms with Crippen LogP contribution in [0.5, 0.6) is 0 Å². The van der Waals surface area contributed by atoms with Gasteiger partial charge in [0.1, 0.15) is 0 Å². The van der Waals surface area contributed by atoms with Gasteiger partial charge in [0.2, 0.25) is 0 Å². The molecule has 3 fully saturated rings. The van der Waals surface area contributed by atoms with E-state index in [1.807, 2.05) is 0 Å². The monoisotopic (exact) mass is 384 g/mol. The molecule has 0 radical (unpaired) electrons. The van der Waals surface area contributed by atoms with Crippen LogP contribution in [0.3, 0.4) is 0 Å². The lowest BCUT2D eigenvalue weighted by molar-refractivity contribution is 0.151. The molecule has 3 saturated carbocycles. The van der Waals surface area contributed by atoms with E-state index in [2.05, 4.69) is 32.6 Å². The fourth-order valence-corrected chi connectivity index (χ4v) is 6.56. The average molecular weight is 385 g/mol. The molecule has 0 N–H and O–H groups in total. The average Bonchev–Trinajstić information content (AvgIpc) is 2.74. The van der Waals surface area contributed by atoms with Crippen LogP contribution < -0.4 is 0 Å². The van der Waals surface area contributed by atoms with Crippen molar-refractivity contribution in [2.45, 2.75) is 117 Å². The van der Waals surface area contributed by atoms with Gasteiger partial charge in [-0.1, -0.05) is 69.8 Å². The van der Waals surface area contributed by atoms with Crippen molar-refractivity contribution in [2.75, 3.05) is 0 Å². The fraction of sp³-hybridized carbons (Fsp3) is 0.857. The molecule has 0 heterocycles. The Hall–Kier alpha value is -0.520. The van der Waals surface area contributed by atoms with Gasteiger partial charge in [-0.2, -0.15) is 0 Å². The first kappa shape index (κ1) is 22.2. The van der Waals surface area contributed by atoms with Gasteiger partial charge in [-0.3, -0.25) is 0 Å². The highest BCUT2D eigenvalue weighted by Gasteiger charge is 2.30. The molecule has 0 unspecified atom stereocenters. The zero-order chi connectivity index (χ0) is 19.8. The molecule has 0 aromatic carbocycles. The summed E-state index contributed by atoms with van der Waals surface area (Å²) in [5.74, 6) is 5.76. The lowest BCUT2D eigenvalue weighted by Gasteiger charge is -2.37. The minimum absolute atomic E-state index is 0.807. The molecule has 0 saturated heterocycles. The summed E-state index contributed by atoms with van der Waals surface area (Å²) in [5.41, 5.74) is 1.41. The Morgan fingerprint density at radius 3 is 1.71 bits per heavy atom. The quantitative estimate of drug-likeness (QED) is 0.289. The van der Waals surface area contributed by atoms with Crippen molar-refractivity contribution in [3.63, 3.8) is 0 Å². The van der Waals surface area contributed by atoms with Crippen LogP contribution in [0.15, 0.2) is 24.3 Å². The van der Waals surface area contributed by atoms with E-state index in [1.54, 1.807) is 25.7 Å². The van der Waals surface area contributed by atoms with Crippen LogP contribution in [-0.2, 0) is 0 Å². The van der Waals surface area contributed by atoms with Crippen LogP contribution in [0.4, 0.5) is 0 Å². The van der Waals surface area contributed by atoms with E-state index in [0.717, 1.165) is 35.5 Å². The Bertz CT molecular complexity index is 462. The lowest BCUT2D eigenvalue weighted by Crippen LogP contribution is -2.25. The van der Waals surface area contributed by atoms with Crippen LogP contribution in [0.25, 0.3) is 0 Å². The van der Waals surface area contributed by atoms with Gasteiger partial charge < -0.3 is 0 Å². The summed E-state index contributed by atoms with van der Waals surface area (Å²) in [5, 5.41) is 0. The largest absolute Gasteiger partial charge is 0.0999 e. The maximum atomic E-state index is 4.17. The van der Waals surface area contributed by atoms with Crippen molar-refractivity contribution in [1.82, 2.24) is 0 Å². The summed E-state index contributed by atoms with van der Waals surface area (Å²) in [7, 11) is 0. The zero-order valence-electron chi connectivity index (χ0n) is 19.1. The van der Waals surface area contributed by atoms with Gasteiger partial charge in [0, 0.05) is 0 Å². The van der Waals surface area contributed by atoms with Gasteiger partial charge in [-0.25, -0.2) is 0 Å². The van der Waals surface area contributed by atoms with Crippen LogP contribution in [0, 0.1) is 35.5 Å². The fourth-order valence-electron chi connectivity index (χ4n) is 6.56. The predicted molar refractivity (Wildman–Crippen MR) is 124 cm³/mol. The SMILES string of the molecule is C=C(C)C1CCC(/C=C/C2CCC(C3CCC(CCCCC)CC3)CC2)CC1. The van der Waals surface area contributed by atoms with Crippen LogP contribution >= 0.6 is 0 Å². The first-order valence-electron chi connectivity index (χ1n) is 13.0. The van der Waals surface area contributed by atoms with E-state index in [1.165, 1.54) is 82.6 Å². The summed E-state index contributed by atoms with van der Waals surface area (Å²) >= 11 is 0. The van der Waals surface area contributed by atoms with Crippen molar-refractivity contribution in [1.29, 1.82) is 0 Å². The Kier molecular flexibility index (Phi) is 9.19. The van der Waals surface area contributed by atoms with E-state index < -0.39 is 0 Å². The predicted octanol–water partition coefficient (Wildman–Crippen LogP) is 9.12. The molecular weight excluding hydrogens is 336 g/mol. The summed E-state index contributed by atoms with van der Waals surface area (Å²) in [4.78, 5) is 0. The topological polar surface area (TPSA) is 0 Å². The third-order valence-corrected chi connectivity index (χ3v) is 8.71. The molecule has 0 heteroatoms. The number of allylic oxidation sites excluding steroid dienone is 3. The second-order valence-electron chi connectivity index (χ2n) is 10.8. The molecular formula is C28H48. The van der Waals surface area contributed by atoms with Gasteiger partial charge in [0.05, 0.1) is 0 Å². The maximum Gasteiger partial charge on any atom is -0.0208 e. The highest BCUT2D eigenvalue weighted by atomic mass is 14.4. The van der Waals surface area contributed by atoms with Crippen LogP contribution in [0.1, 0.15) is 117 Å². The van der Waals surface area contributed by atoms with Gasteiger partial charge in [0.25, 0.3) is 0 Å². The minimum atomic E-state index is 0.807. The van der Waals surface area contributed by atoms with Gasteiger partial charge in [-0.15, -0.1) is 0 Å². The second kappa shape index (κ2) is 11.6. The van der Waals surface area contributed by atoms with E-state index in [0.29, 0.717) is 0 Å². The molecule has 0 spiro atoms. The molecule has 3 aliphatic rings. The number of rotatable bonds is 8. The van der Waals surface area contributed by atoms with Crippen molar-refractivity contribution >= 4 is 0 Å². The Morgan fingerprint density at radius 2 is 1.21 bits per heavy atom. The third-order valence-electron chi connectivity index (χ3n) is 8.71. The van der Waals surface area contributed by atoms with Gasteiger partial charge >= 0.3 is 0 Å². The Labute approximate surface area is 176 Å². The number of unbranched alkanes of at least 4 members (excludes halogenated alkanes) is 2. The van der Waals surface area contributed by atoms with E-state index in [-0.39, 0.29) is 0 Å². The van der Waals surface area contributed by atoms with Crippen LogP contribution in [0.2, 0.25) is 0 Å². The van der Waals surface area contributed by atoms with E-state index in [4.69, 9.17) is 0 Å². The molecule has 0 bridgehead atoms. The summed E-state index contributed by atoms with van der Waals surface area (Å²) in [6.07, 6.45) is 28.8. The molecule has 3 aliphatic carbocycles. The molecule has 0 nitrogen and oxygen atoms in total. The summed E-state index contributed by atoms with van der Waals surface area (Å²) in [6.45, 7) is 8.72. The normalized spacial score (nSPS) is 37.2. The third kappa shape index (κ3) is 6.77. The molecule has 0 amide bonds. The summed E-state index contributed by atoms with van der Waals surface area (Å²) < 4.78 is 0. The van der Waals surface area contributed by atoms with Crippen molar-refractivity contribution in [3.8, 4) is 0 Å². The van der Waals surface area contributed by atoms with Crippen LogP contribution in [-0.4, -0.2) is 0 Å². The lowest BCUT2D eigenvalue weighted by atomic mass is 9.68. The van der Waals surface area contributed by atoms with Crippen molar-refractivity contribution < 1.29 is 0 Å². The molecule has 3 rings (SSSR count). The molecule has 0 aliphatic heterocycles. The van der Waals surface area contributed by atoms with E-state index in [9.17, 15) is 0 Å². The van der Waals surface area contributed by atoms with Crippen molar-refractivity contribution in [2.24, 2.45) is 35.5 Å². The summed E-state index contributed by atoms with van der Waals surface area (Å²) in [6, 6.07) is 0. The Balaban J connectivity index is 1.31. The highest BCUT2D eigenvalue weighted by Crippen LogP contribution is 2.43. The van der Waals surface area contributed by atoms with Crippen molar-refractivity contribution in [3.05, 3.63) is 24.3 Å². The molecule has 0 atom stereocenters. The van der Waals surface area contributed by atoms with Gasteiger partial charge in [0.15, 0.2) is 0 Å². The van der Waals surface area contributed by atoms with E-state index >= 15 is 0 Å². The molecule has 0 aromatic rings. The molecule has 28 heavy (non-hydrogen) atoms. The first-order valence-corrected chi connectivity index (χ1v) is 13.0. The zero-order valence-corrected chi connectivity index (χ0v) is 19.1. The standard InChI is InChI=1S/C28H48/c1-4-5-6-7-23-12-18-27(19-13-23)28-20-14-25(15-21-28)9-8-24-10-16-26(17-11-24)22(2)3/h8-9,23-28H,2,4-7,10-21H2,1,3H3/b9-8+. The van der Waals surface area contributed by atoms with Gasteiger partial charge in [-0.05, 0) is 107 Å². The minimum Gasteiger partial charge on any atom is -0.0999 e. The number of hydrogen-bond donors (Lipinski definition) is 0. The number of hydrogen-bond acceptors (Lipinski definition) is 0. The molecule has 0 aromatic heterocycles. The maximum absolute atomic E-state index is 4.17.